The third kappa shape index (κ3) is 4.68. The smallest absolute Gasteiger partial charge is 0.133 e. The molecule has 0 saturated carbocycles. The summed E-state index contributed by atoms with van der Waals surface area (Å²) >= 11 is 0. The van der Waals surface area contributed by atoms with Crippen LogP contribution in [0.3, 0.4) is 0 Å². The Kier molecular flexibility index (Phi) is 5.22. The molecular weight excluding hydrogens is 260 g/mol. The van der Waals surface area contributed by atoms with E-state index in [-0.39, 0.29) is 5.54 Å². The number of likely N-dealkylation sites (N-methyl/N-ethyl adjacent to an activating group) is 1. The van der Waals surface area contributed by atoms with E-state index in [0.717, 1.165) is 25.5 Å². The molecule has 118 valence electrons. The van der Waals surface area contributed by atoms with Crippen LogP contribution >= 0.6 is 0 Å². The van der Waals surface area contributed by atoms with E-state index in [2.05, 4.69) is 61.0 Å². The molecule has 2 heterocycles. The van der Waals surface area contributed by atoms with Gasteiger partial charge in [-0.3, -0.25) is 0 Å². The Morgan fingerprint density at radius 2 is 2.14 bits per heavy atom. The minimum atomic E-state index is 0.126. The lowest BCUT2D eigenvalue weighted by molar-refractivity contribution is 0.257. The molecule has 1 aliphatic heterocycles. The summed E-state index contributed by atoms with van der Waals surface area (Å²) in [5, 5.41) is 3.57. The fraction of sp³-hybridized carbons (Fsp3) is 0.706. The van der Waals surface area contributed by atoms with Crippen LogP contribution in [0, 0.1) is 0 Å². The monoisotopic (exact) mass is 290 g/mol. The molecule has 0 aromatic carbocycles. The van der Waals surface area contributed by atoms with E-state index in [4.69, 9.17) is 0 Å². The molecule has 4 nitrogen and oxygen atoms in total. The first-order valence-corrected chi connectivity index (χ1v) is 7.97. The molecular formula is C17H30N4. The van der Waals surface area contributed by atoms with Crippen molar-refractivity contribution in [2.45, 2.75) is 51.7 Å². The van der Waals surface area contributed by atoms with Crippen LogP contribution in [0.1, 0.15) is 39.2 Å². The quantitative estimate of drug-likeness (QED) is 0.923. The second-order valence-electron chi connectivity index (χ2n) is 7.30. The zero-order valence-corrected chi connectivity index (χ0v) is 14.2. The van der Waals surface area contributed by atoms with Crippen LogP contribution in [0.25, 0.3) is 0 Å². The highest BCUT2D eigenvalue weighted by molar-refractivity contribution is 5.47. The summed E-state index contributed by atoms with van der Waals surface area (Å²) in [6, 6.07) is 4.86. The van der Waals surface area contributed by atoms with Gasteiger partial charge in [0, 0.05) is 43.0 Å². The van der Waals surface area contributed by atoms with E-state index in [1.165, 1.54) is 18.4 Å². The van der Waals surface area contributed by atoms with Crippen LogP contribution in [0.15, 0.2) is 18.3 Å². The molecule has 0 spiro atoms. The third-order valence-electron chi connectivity index (χ3n) is 4.10. The van der Waals surface area contributed by atoms with Gasteiger partial charge in [-0.1, -0.05) is 6.07 Å². The van der Waals surface area contributed by atoms with E-state index < -0.39 is 0 Å². The van der Waals surface area contributed by atoms with Crippen molar-refractivity contribution in [1.82, 2.24) is 15.2 Å². The Bertz CT molecular complexity index is 450. The Labute approximate surface area is 129 Å². The summed E-state index contributed by atoms with van der Waals surface area (Å²) in [4.78, 5) is 9.45. The number of nitrogens with one attached hydrogen (secondary N) is 1. The standard InChI is InChI=1S/C17H30N4/c1-17(2,3)19-12-14-8-6-10-18-16(14)21-11-7-9-15(13-21)20(4)5/h6,8,10,15,19H,7,9,11-13H2,1-5H3. The Morgan fingerprint density at radius 3 is 2.81 bits per heavy atom. The number of hydrogen-bond acceptors (Lipinski definition) is 4. The summed E-state index contributed by atoms with van der Waals surface area (Å²) in [6.45, 7) is 9.66. The van der Waals surface area contributed by atoms with Gasteiger partial charge in [-0.15, -0.1) is 0 Å². The fourth-order valence-corrected chi connectivity index (χ4v) is 2.78. The molecule has 2 rings (SSSR count). The molecule has 0 radical (unpaired) electrons. The highest BCUT2D eigenvalue weighted by atomic mass is 15.2. The zero-order chi connectivity index (χ0) is 15.5. The van der Waals surface area contributed by atoms with E-state index in [1.54, 1.807) is 0 Å². The molecule has 1 aromatic heterocycles. The van der Waals surface area contributed by atoms with Crippen molar-refractivity contribution in [2.75, 3.05) is 32.1 Å². The summed E-state index contributed by atoms with van der Waals surface area (Å²) in [5.74, 6) is 1.15. The lowest BCUT2D eigenvalue weighted by Gasteiger charge is -2.37. The zero-order valence-electron chi connectivity index (χ0n) is 14.2. The number of nitrogens with zero attached hydrogens (tertiary/aromatic N) is 3. The molecule has 1 fully saturated rings. The second kappa shape index (κ2) is 6.75. The number of pyridine rings is 1. The average molecular weight is 290 g/mol. The fourth-order valence-electron chi connectivity index (χ4n) is 2.78. The number of aromatic nitrogens is 1. The molecule has 1 aliphatic rings. The first-order valence-electron chi connectivity index (χ1n) is 7.97. The first kappa shape index (κ1) is 16.2. The number of piperidine rings is 1. The van der Waals surface area contributed by atoms with Crippen molar-refractivity contribution < 1.29 is 0 Å². The minimum Gasteiger partial charge on any atom is -0.355 e. The van der Waals surface area contributed by atoms with Crippen molar-refractivity contribution in [1.29, 1.82) is 0 Å². The molecule has 0 amide bonds. The highest BCUT2D eigenvalue weighted by Crippen LogP contribution is 2.23. The van der Waals surface area contributed by atoms with Gasteiger partial charge in [-0.25, -0.2) is 4.98 Å². The molecule has 1 saturated heterocycles. The molecule has 0 bridgehead atoms. The van der Waals surface area contributed by atoms with Crippen LogP contribution < -0.4 is 10.2 Å². The van der Waals surface area contributed by atoms with Gasteiger partial charge in [0.05, 0.1) is 0 Å². The van der Waals surface area contributed by atoms with Crippen molar-refractivity contribution >= 4 is 5.82 Å². The van der Waals surface area contributed by atoms with Crippen molar-refractivity contribution in [2.24, 2.45) is 0 Å². The summed E-state index contributed by atoms with van der Waals surface area (Å²) in [5.41, 5.74) is 1.42. The molecule has 1 unspecified atom stereocenters. The Hall–Kier alpha value is -1.13. The third-order valence-corrected chi connectivity index (χ3v) is 4.10. The van der Waals surface area contributed by atoms with E-state index >= 15 is 0 Å². The van der Waals surface area contributed by atoms with E-state index in [0.29, 0.717) is 6.04 Å². The largest absolute Gasteiger partial charge is 0.355 e. The molecule has 1 aromatic rings. The summed E-state index contributed by atoms with van der Waals surface area (Å²) < 4.78 is 0. The van der Waals surface area contributed by atoms with Crippen LogP contribution in [-0.4, -0.2) is 48.6 Å². The number of rotatable bonds is 4. The van der Waals surface area contributed by atoms with Gasteiger partial charge in [0.1, 0.15) is 5.82 Å². The number of anilines is 1. The van der Waals surface area contributed by atoms with Crippen molar-refractivity contribution in [3.63, 3.8) is 0 Å². The van der Waals surface area contributed by atoms with Crippen LogP contribution in [0.5, 0.6) is 0 Å². The van der Waals surface area contributed by atoms with Gasteiger partial charge in [-0.05, 0) is 53.8 Å². The maximum Gasteiger partial charge on any atom is 0.133 e. The topological polar surface area (TPSA) is 31.4 Å². The Balaban J connectivity index is 2.11. The highest BCUT2D eigenvalue weighted by Gasteiger charge is 2.24. The van der Waals surface area contributed by atoms with Crippen LogP contribution in [-0.2, 0) is 6.54 Å². The molecule has 21 heavy (non-hydrogen) atoms. The summed E-state index contributed by atoms with van der Waals surface area (Å²) in [7, 11) is 4.35. The maximum atomic E-state index is 4.66. The van der Waals surface area contributed by atoms with Crippen molar-refractivity contribution in [3.05, 3.63) is 23.9 Å². The van der Waals surface area contributed by atoms with Gasteiger partial charge in [-0.2, -0.15) is 0 Å². The van der Waals surface area contributed by atoms with E-state index in [9.17, 15) is 0 Å². The molecule has 4 heteroatoms. The summed E-state index contributed by atoms with van der Waals surface area (Å²) in [6.07, 6.45) is 4.44. The van der Waals surface area contributed by atoms with Gasteiger partial charge in [0.15, 0.2) is 0 Å². The molecule has 1 N–H and O–H groups in total. The van der Waals surface area contributed by atoms with Gasteiger partial charge in [0.25, 0.3) is 0 Å². The van der Waals surface area contributed by atoms with E-state index in [1.807, 2.05) is 12.3 Å². The molecule has 0 aliphatic carbocycles. The minimum absolute atomic E-state index is 0.126. The van der Waals surface area contributed by atoms with Gasteiger partial charge >= 0.3 is 0 Å². The van der Waals surface area contributed by atoms with Crippen LogP contribution in [0.4, 0.5) is 5.82 Å². The predicted octanol–water partition coefficient (Wildman–Crippen LogP) is 2.50. The first-order chi connectivity index (χ1) is 9.87. The lowest BCUT2D eigenvalue weighted by atomic mass is 10.0. The van der Waals surface area contributed by atoms with Gasteiger partial charge < -0.3 is 15.1 Å². The lowest BCUT2D eigenvalue weighted by Crippen LogP contribution is -2.46. The van der Waals surface area contributed by atoms with Gasteiger partial charge in [0.2, 0.25) is 0 Å². The number of hydrogen-bond donors (Lipinski definition) is 1. The molecule has 1 atom stereocenters. The second-order valence-corrected chi connectivity index (χ2v) is 7.30. The average Bonchev–Trinajstić information content (AvgIpc) is 2.45. The Morgan fingerprint density at radius 1 is 1.38 bits per heavy atom. The van der Waals surface area contributed by atoms with Crippen molar-refractivity contribution in [3.8, 4) is 0 Å². The SMILES string of the molecule is CN(C)C1CCCN(c2ncccc2CNC(C)(C)C)C1. The van der Waals surface area contributed by atoms with Crippen LogP contribution in [0.2, 0.25) is 0 Å². The maximum absolute atomic E-state index is 4.66. The predicted molar refractivity (Wildman–Crippen MR) is 89.8 cm³/mol. The normalized spacial score (nSPS) is 20.1.